The lowest BCUT2D eigenvalue weighted by Crippen LogP contribution is -2.30. The van der Waals surface area contributed by atoms with Gasteiger partial charge in [-0.2, -0.15) is 0 Å². The van der Waals surface area contributed by atoms with Gasteiger partial charge in [-0.3, -0.25) is 4.79 Å². The second-order valence-electron chi connectivity index (χ2n) is 7.14. The summed E-state index contributed by atoms with van der Waals surface area (Å²) in [7, 11) is 0. The van der Waals surface area contributed by atoms with E-state index in [4.69, 9.17) is 0 Å². The SMILES string of the molecule is O=C(CNCCn1cncc1Cc1cccc(F)c1)Nc1cccc2ccccc12. The minimum atomic E-state index is -0.238. The van der Waals surface area contributed by atoms with Crippen molar-refractivity contribution >= 4 is 22.4 Å². The highest BCUT2D eigenvalue weighted by Gasteiger charge is 2.07. The van der Waals surface area contributed by atoms with Crippen LogP contribution in [0.25, 0.3) is 10.8 Å². The highest BCUT2D eigenvalue weighted by molar-refractivity contribution is 6.02. The van der Waals surface area contributed by atoms with E-state index in [1.54, 1.807) is 18.6 Å². The number of amides is 1. The van der Waals surface area contributed by atoms with E-state index in [0.717, 1.165) is 27.7 Å². The Hall–Kier alpha value is -3.51. The van der Waals surface area contributed by atoms with Crippen LogP contribution in [-0.4, -0.2) is 28.5 Å². The van der Waals surface area contributed by atoms with Crippen LogP contribution in [0.1, 0.15) is 11.3 Å². The van der Waals surface area contributed by atoms with Gasteiger partial charge in [-0.05, 0) is 29.1 Å². The summed E-state index contributed by atoms with van der Waals surface area (Å²) in [4.78, 5) is 16.5. The van der Waals surface area contributed by atoms with E-state index in [2.05, 4.69) is 15.6 Å². The fourth-order valence-corrected chi connectivity index (χ4v) is 3.48. The van der Waals surface area contributed by atoms with Gasteiger partial charge in [-0.15, -0.1) is 0 Å². The Morgan fingerprint density at radius 1 is 1.03 bits per heavy atom. The lowest BCUT2D eigenvalue weighted by atomic mass is 10.1. The molecule has 1 aromatic heterocycles. The van der Waals surface area contributed by atoms with Crippen LogP contribution < -0.4 is 10.6 Å². The number of imidazole rings is 1. The van der Waals surface area contributed by atoms with Gasteiger partial charge in [0.05, 0.1) is 12.9 Å². The number of anilines is 1. The van der Waals surface area contributed by atoms with Gasteiger partial charge >= 0.3 is 0 Å². The molecule has 3 aromatic carbocycles. The van der Waals surface area contributed by atoms with Gasteiger partial charge in [0.2, 0.25) is 5.91 Å². The van der Waals surface area contributed by atoms with Gasteiger partial charge in [-0.1, -0.05) is 48.5 Å². The van der Waals surface area contributed by atoms with Crippen molar-refractivity contribution in [1.82, 2.24) is 14.9 Å². The molecule has 5 nitrogen and oxygen atoms in total. The summed E-state index contributed by atoms with van der Waals surface area (Å²) < 4.78 is 15.4. The number of nitrogens with zero attached hydrogens (tertiary/aromatic N) is 2. The second-order valence-corrected chi connectivity index (χ2v) is 7.14. The van der Waals surface area contributed by atoms with Crippen LogP contribution in [0.15, 0.2) is 79.3 Å². The van der Waals surface area contributed by atoms with E-state index >= 15 is 0 Å². The number of benzene rings is 3. The Kier molecular flexibility index (Phi) is 6.15. The van der Waals surface area contributed by atoms with E-state index in [1.807, 2.05) is 53.1 Å². The smallest absolute Gasteiger partial charge is 0.238 e. The van der Waals surface area contributed by atoms with Crippen molar-refractivity contribution in [2.45, 2.75) is 13.0 Å². The van der Waals surface area contributed by atoms with Gasteiger partial charge in [0.1, 0.15) is 5.82 Å². The summed E-state index contributed by atoms with van der Waals surface area (Å²) in [5, 5.41) is 8.26. The standard InChI is InChI=1S/C24H23FN4O/c25-20-8-3-5-18(13-20)14-21-15-27-17-29(21)12-11-26-16-24(30)28-23-10-4-7-19-6-1-2-9-22(19)23/h1-10,13,15,17,26H,11-12,14,16H2,(H,28,30). The van der Waals surface area contributed by atoms with E-state index in [1.165, 1.54) is 12.1 Å². The molecule has 0 unspecified atom stereocenters. The van der Waals surface area contributed by atoms with Crippen LogP contribution in [0.5, 0.6) is 0 Å². The maximum atomic E-state index is 13.4. The molecule has 0 atom stereocenters. The first-order valence-electron chi connectivity index (χ1n) is 9.91. The molecule has 0 radical (unpaired) electrons. The zero-order valence-corrected chi connectivity index (χ0v) is 16.5. The number of aromatic nitrogens is 2. The quantitative estimate of drug-likeness (QED) is 0.438. The van der Waals surface area contributed by atoms with Crippen molar-refractivity contribution in [2.24, 2.45) is 0 Å². The van der Waals surface area contributed by atoms with E-state index in [-0.39, 0.29) is 18.3 Å². The van der Waals surface area contributed by atoms with E-state index in [0.29, 0.717) is 19.5 Å². The summed E-state index contributed by atoms with van der Waals surface area (Å²) in [5.74, 6) is -0.325. The Balaban J connectivity index is 1.27. The number of carbonyl (C=O) groups is 1. The van der Waals surface area contributed by atoms with Gasteiger partial charge in [0.15, 0.2) is 0 Å². The monoisotopic (exact) mass is 402 g/mol. The third kappa shape index (κ3) is 4.90. The number of halogens is 1. The fraction of sp³-hybridized carbons (Fsp3) is 0.167. The van der Waals surface area contributed by atoms with Crippen molar-refractivity contribution in [3.8, 4) is 0 Å². The first kappa shape index (κ1) is 19.8. The molecule has 30 heavy (non-hydrogen) atoms. The average molecular weight is 402 g/mol. The van der Waals surface area contributed by atoms with Crippen molar-refractivity contribution in [2.75, 3.05) is 18.4 Å². The minimum absolute atomic E-state index is 0.0861. The minimum Gasteiger partial charge on any atom is -0.333 e. The highest BCUT2D eigenvalue weighted by atomic mass is 19.1. The van der Waals surface area contributed by atoms with Crippen LogP contribution in [-0.2, 0) is 17.8 Å². The molecule has 6 heteroatoms. The van der Waals surface area contributed by atoms with Crippen LogP contribution in [0, 0.1) is 5.82 Å². The molecule has 0 aliphatic rings. The molecule has 0 bridgehead atoms. The molecule has 152 valence electrons. The maximum absolute atomic E-state index is 13.4. The molecule has 1 heterocycles. The fourth-order valence-electron chi connectivity index (χ4n) is 3.48. The van der Waals surface area contributed by atoms with Crippen molar-refractivity contribution in [3.05, 3.63) is 96.3 Å². The third-order valence-electron chi connectivity index (χ3n) is 4.95. The van der Waals surface area contributed by atoms with Crippen LogP contribution in [0.2, 0.25) is 0 Å². The second kappa shape index (κ2) is 9.33. The largest absolute Gasteiger partial charge is 0.333 e. The maximum Gasteiger partial charge on any atom is 0.238 e. The predicted octanol–water partition coefficient (Wildman–Crippen LogP) is 3.99. The Labute approximate surface area is 174 Å². The lowest BCUT2D eigenvalue weighted by Gasteiger charge is -2.11. The molecule has 4 rings (SSSR count). The predicted molar refractivity (Wildman–Crippen MR) is 117 cm³/mol. The number of fused-ring (bicyclic) bond motifs is 1. The Morgan fingerprint density at radius 2 is 1.87 bits per heavy atom. The Bertz CT molecular complexity index is 1150. The summed E-state index contributed by atoms with van der Waals surface area (Å²) in [6.07, 6.45) is 4.16. The van der Waals surface area contributed by atoms with Crippen LogP contribution >= 0.6 is 0 Å². The molecule has 0 saturated heterocycles. The number of hydrogen-bond acceptors (Lipinski definition) is 3. The molecule has 2 N–H and O–H groups in total. The van der Waals surface area contributed by atoms with Crippen molar-refractivity contribution < 1.29 is 9.18 Å². The zero-order valence-electron chi connectivity index (χ0n) is 16.5. The molecule has 4 aromatic rings. The molecule has 0 fully saturated rings. The van der Waals surface area contributed by atoms with Crippen molar-refractivity contribution in [1.29, 1.82) is 0 Å². The summed E-state index contributed by atoms with van der Waals surface area (Å²) in [5.41, 5.74) is 2.72. The number of carbonyl (C=O) groups excluding carboxylic acids is 1. The van der Waals surface area contributed by atoms with Gasteiger partial charge in [0.25, 0.3) is 0 Å². The molecule has 0 aliphatic carbocycles. The molecule has 0 spiro atoms. The first-order valence-corrected chi connectivity index (χ1v) is 9.91. The van der Waals surface area contributed by atoms with Gasteiger partial charge < -0.3 is 15.2 Å². The van der Waals surface area contributed by atoms with Crippen LogP contribution in [0.4, 0.5) is 10.1 Å². The topological polar surface area (TPSA) is 59.0 Å². The number of hydrogen-bond donors (Lipinski definition) is 2. The lowest BCUT2D eigenvalue weighted by molar-refractivity contribution is -0.115. The molecular weight excluding hydrogens is 379 g/mol. The van der Waals surface area contributed by atoms with Gasteiger partial charge in [0, 0.05) is 42.5 Å². The average Bonchev–Trinajstić information content (AvgIpc) is 3.18. The van der Waals surface area contributed by atoms with E-state index < -0.39 is 0 Å². The molecule has 1 amide bonds. The zero-order chi connectivity index (χ0) is 20.8. The highest BCUT2D eigenvalue weighted by Crippen LogP contribution is 2.22. The molecular formula is C24H23FN4O. The van der Waals surface area contributed by atoms with Crippen molar-refractivity contribution in [3.63, 3.8) is 0 Å². The summed E-state index contributed by atoms with van der Waals surface area (Å²) >= 11 is 0. The third-order valence-corrected chi connectivity index (χ3v) is 4.95. The number of rotatable bonds is 8. The summed E-state index contributed by atoms with van der Waals surface area (Å²) in [6.45, 7) is 1.51. The van der Waals surface area contributed by atoms with Crippen LogP contribution in [0.3, 0.4) is 0 Å². The number of nitrogens with one attached hydrogen (secondary N) is 2. The van der Waals surface area contributed by atoms with Gasteiger partial charge in [-0.25, -0.2) is 9.37 Å². The normalized spacial score (nSPS) is 11.0. The van der Waals surface area contributed by atoms with E-state index in [9.17, 15) is 9.18 Å². The summed E-state index contributed by atoms with van der Waals surface area (Å²) in [6, 6.07) is 20.4. The first-order chi connectivity index (χ1) is 14.7. The molecule has 0 aliphatic heterocycles. The Morgan fingerprint density at radius 3 is 2.77 bits per heavy atom. The molecule has 0 saturated carbocycles.